The van der Waals surface area contributed by atoms with Gasteiger partial charge in [-0.15, -0.1) is 0 Å². The molecule has 136 valence electrons. The minimum Gasteiger partial charge on any atom is -0.497 e. The molecule has 1 heterocycles. The van der Waals surface area contributed by atoms with Crippen molar-refractivity contribution in [3.8, 4) is 5.75 Å². The van der Waals surface area contributed by atoms with Crippen LogP contribution in [-0.2, 0) is 0 Å². The molecule has 26 heavy (non-hydrogen) atoms. The molecule has 1 aromatic heterocycles. The number of fused-ring (bicyclic) bond motifs is 1. The summed E-state index contributed by atoms with van der Waals surface area (Å²) < 4.78 is 6.30. The van der Waals surface area contributed by atoms with Crippen LogP contribution in [0, 0.1) is 6.92 Å². The molecule has 0 saturated heterocycles. The average molecular weight is 369 g/mol. The van der Waals surface area contributed by atoms with Crippen molar-refractivity contribution in [2.45, 2.75) is 6.92 Å². The highest BCUT2D eigenvalue weighted by Gasteiger charge is 2.21. The number of hydrogen-bond acceptors (Lipinski definition) is 5. The van der Waals surface area contributed by atoms with Gasteiger partial charge in [0.2, 0.25) is 0 Å². The first kappa shape index (κ1) is 18.4. The van der Waals surface area contributed by atoms with Crippen LogP contribution in [0.4, 0.5) is 5.13 Å². The number of amides is 1. The van der Waals surface area contributed by atoms with Gasteiger partial charge in [-0.1, -0.05) is 29.0 Å². The van der Waals surface area contributed by atoms with Gasteiger partial charge in [-0.2, -0.15) is 0 Å². The fourth-order valence-corrected chi connectivity index (χ4v) is 3.67. The Morgan fingerprint density at radius 3 is 2.65 bits per heavy atom. The Hall–Kier alpha value is -2.44. The Balaban J connectivity index is 1.98. The van der Waals surface area contributed by atoms with Gasteiger partial charge < -0.3 is 9.64 Å². The van der Waals surface area contributed by atoms with Crippen LogP contribution in [0.2, 0.25) is 0 Å². The van der Waals surface area contributed by atoms with E-state index in [1.165, 1.54) is 11.3 Å². The van der Waals surface area contributed by atoms with Crippen molar-refractivity contribution in [2.24, 2.45) is 0 Å². The molecule has 0 aliphatic carbocycles. The molecule has 6 heteroatoms. The highest BCUT2D eigenvalue weighted by molar-refractivity contribution is 7.22. The summed E-state index contributed by atoms with van der Waals surface area (Å²) in [6, 6.07) is 13.4. The smallest absolute Gasteiger partial charge is 0.260 e. The van der Waals surface area contributed by atoms with E-state index in [9.17, 15) is 4.79 Å². The molecule has 3 aromatic rings. The van der Waals surface area contributed by atoms with Crippen LogP contribution >= 0.6 is 11.3 Å². The van der Waals surface area contributed by atoms with E-state index in [1.54, 1.807) is 12.0 Å². The molecule has 0 bridgehead atoms. The first-order valence-electron chi connectivity index (χ1n) is 8.46. The molecule has 3 rings (SSSR count). The lowest BCUT2D eigenvalue weighted by Crippen LogP contribution is -2.36. The number of methoxy groups -OCH3 is 1. The van der Waals surface area contributed by atoms with Gasteiger partial charge in [-0.25, -0.2) is 4.98 Å². The zero-order valence-corrected chi connectivity index (χ0v) is 16.3. The summed E-state index contributed by atoms with van der Waals surface area (Å²) in [4.78, 5) is 21.7. The zero-order chi connectivity index (χ0) is 18.7. The summed E-state index contributed by atoms with van der Waals surface area (Å²) in [5.74, 6) is 0.763. The second-order valence-electron chi connectivity index (χ2n) is 6.46. The highest BCUT2D eigenvalue weighted by Crippen LogP contribution is 2.32. The lowest BCUT2D eigenvalue weighted by Gasteiger charge is -2.22. The van der Waals surface area contributed by atoms with E-state index in [0.717, 1.165) is 28.1 Å². The molecule has 0 spiro atoms. The number of likely N-dealkylation sites (N-methyl/N-ethyl adjacent to an activating group) is 1. The normalized spacial score (nSPS) is 11.1. The van der Waals surface area contributed by atoms with E-state index in [2.05, 4.69) is 9.88 Å². The van der Waals surface area contributed by atoms with Gasteiger partial charge in [0.05, 0.1) is 17.3 Å². The van der Waals surface area contributed by atoms with Crippen LogP contribution in [-0.4, -0.2) is 50.1 Å². The van der Waals surface area contributed by atoms with E-state index < -0.39 is 0 Å². The maximum absolute atomic E-state index is 13.2. The molecule has 0 fully saturated rings. The molecule has 5 nitrogen and oxygen atoms in total. The minimum absolute atomic E-state index is 0.0263. The molecule has 0 unspecified atom stereocenters. The van der Waals surface area contributed by atoms with Crippen LogP contribution in [0.1, 0.15) is 15.9 Å². The van der Waals surface area contributed by atoms with Crippen molar-refractivity contribution in [3.05, 3.63) is 53.6 Å². The van der Waals surface area contributed by atoms with Crippen LogP contribution in [0.15, 0.2) is 42.5 Å². The number of carbonyl (C=O) groups excluding carboxylic acids is 1. The number of rotatable bonds is 6. The van der Waals surface area contributed by atoms with Crippen molar-refractivity contribution < 1.29 is 9.53 Å². The quantitative estimate of drug-likeness (QED) is 0.663. The number of anilines is 1. The van der Waals surface area contributed by atoms with Crippen LogP contribution in [0.5, 0.6) is 5.75 Å². The van der Waals surface area contributed by atoms with Crippen molar-refractivity contribution >= 4 is 32.6 Å². The molecule has 0 aliphatic rings. The maximum atomic E-state index is 13.2. The fraction of sp³-hybridized carbons (Fsp3) is 0.300. The summed E-state index contributed by atoms with van der Waals surface area (Å²) in [6.45, 7) is 3.33. The number of hydrogen-bond donors (Lipinski definition) is 0. The van der Waals surface area contributed by atoms with Gasteiger partial charge in [0.15, 0.2) is 5.13 Å². The van der Waals surface area contributed by atoms with Gasteiger partial charge in [0, 0.05) is 18.7 Å². The van der Waals surface area contributed by atoms with Crippen molar-refractivity contribution in [3.63, 3.8) is 0 Å². The van der Waals surface area contributed by atoms with Crippen LogP contribution in [0.3, 0.4) is 0 Å². The molecule has 0 aliphatic heterocycles. The maximum Gasteiger partial charge on any atom is 0.260 e. The number of aryl methyl sites for hydroxylation is 1. The van der Waals surface area contributed by atoms with Gasteiger partial charge >= 0.3 is 0 Å². The summed E-state index contributed by atoms with van der Waals surface area (Å²) in [6.07, 6.45) is 0. The third-order valence-electron chi connectivity index (χ3n) is 4.10. The number of benzene rings is 2. The Morgan fingerprint density at radius 2 is 1.96 bits per heavy atom. The summed E-state index contributed by atoms with van der Waals surface area (Å²) in [7, 11) is 5.64. The zero-order valence-electron chi connectivity index (χ0n) is 15.5. The van der Waals surface area contributed by atoms with E-state index in [4.69, 9.17) is 4.74 Å². The second-order valence-corrected chi connectivity index (χ2v) is 7.47. The Morgan fingerprint density at radius 1 is 1.15 bits per heavy atom. The van der Waals surface area contributed by atoms with E-state index in [0.29, 0.717) is 17.2 Å². The third kappa shape index (κ3) is 4.03. The second kappa shape index (κ2) is 7.85. The minimum atomic E-state index is -0.0263. The Kier molecular flexibility index (Phi) is 5.54. The lowest BCUT2D eigenvalue weighted by atomic mass is 10.1. The van der Waals surface area contributed by atoms with Crippen molar-refractivity contribution in [2.75, 3.05) is 39.2 Å². The van der Waals surface area contributed by atoms with E-state index in [-0.39, 0.29) is 5.91 Å². The first-order valence-corrected chi connectivity index (χ1v) is 9.27. The fourth-order valence-electron chi connectivity index (χ4n) is 2.65. The number of aromatic nitrogens is 1. The summed E-state index contributed by atoms with van der Waals surface area (Å²) >= 11 is 1.51. The van der Waals surface area contributed by atoms with Crippen LogP contribution in [0.25, 0.3) is 10.2 Å². The largest absolute Gasteiger partial charge is 0.497 e. The summed E-state index contributed by atoms with van der Waals surface area (Å²) in [5, 5.41) is 0.710. The average Bonchev–Trinajstić information content (AvgIpc) is 3.04. The predicted octanol–water partition coefficient (Wildman–Crippen LogP) is 3.82. The topological polar surface area (TPSA) is 45.7 Å². The standard InChI is InChI=1S/C20H23N3O2S/c1-14-6-5-7-15(12-14)19(24)23(11-10-22(2)3)20-21-17-9-8-16(25-4)13-18(17)26-20/h5-9,12-13H,10-11H2,1-4H3. The summed E-state index contributed by atoms with van der Waals surface area (Å²) in [5.41, 5.74) is 2.62. The molecule has 0 saturated carbocycles. The van der Waals surface area contributed by atoms with Crippen molar-refractivity contribution in [1.82, 2.24) is 9.88 Å². The monoisotopic (exact) mass is 369 g/mol. The van der Waals surface area contributed by atoms with Gasteiger partial charge in [0.25, 0.3) is 5.91 Å². The Labute approximate surface area is 157 Å². The molecular formula is C20H23N3O2S. The first-order chi connectivity index (χ1) is 12.5. The SMILES string of the molecule is COc1ccc2nc(N(CCN(C)C)C(=O)c3cccc(C)c3)sc2c1. The number of nitrogens with zero attached hydrogens (tertiary/aromatic N) is 3. The number of ether oxygens (including phenoxy) is 1. The third-order valence-corrected chi connectivity index (χ3v) is 5.14. The van der Waals surface area contributed by atoms with Crippen LogP contribution < -0.4 is 9.64 Å². The lowest BCUT2D eigenvalue weighted by molar-refractivity contribution is 0.0985. The van der Waals surface area contributed by atoms with Gasteiger partial charge in [-0.3, -0.25) is 9.69 Å². The van der Waals surface area contributed by atoms with Gasteiger partial charge in [0.1, 0.15) is 5.75 Å². The molecule has 0 N–H and O–H groups in total. The number of thiazole rings is 1. The number of carbonyl (C=O) groups is 1. The van der Waals surface area contributed by atoms with Crippen molar-refractivity contribution in [1.29, 1.82) is 0 Å². The molecule has 0 radical (unpaired) electrons. The highest BCUT2D eigenvalue weighted by atomic mass is 32.1. The molecule has 2 aromatic carbocycles. The Bertz CT molecular complexity index is 920. The predicted molar refractivity (Wildman–Crippen MR) is 108 cm³/mol. The molecule has 1 amide bonds. The van der Waals surface area contributed by atoms with E-state index in [1.807, 2.05) is 63.5 Å². The van der Waals surface area contributed by atoms with Gasteiger partial charge in [-0.05, 0) is 51.4 Å². The van der Waals surface area contributed by atoms with E-state index >= 15 is 0 Å². The molecular weight excluding hydrogens is 346 g/mol. The molecule has 0 atom stereocenters.